The van der Waals surface area contributed by atoms with Gasteiger partial charge in [-0.3, -0.25) is 25.0 Å². The van der Waals surface area contributed by atoms with Gasteiger partial charge in [-0.05, 0) is 11.8 Å². The van der Waals surface area contributed by atoms with E-state index in [0.717, 1.165) is 6.08 Å². The number of carbonyl (C=O) groups excluding carboxylic acids is 3. The predicted octanol–water partition coefficient (Wildman–Crippen LogP) is 0.948. The van der Waals surface area contributed by atoms with Crippen LogP contribution in [0.1, 0.15) is 0 Å². The Hall–Kier alpha value is -1.67. The summed E-state index contributed by atoms with van der Waals surface area (Å²) in [5.74, 6) is -1.04. The molecule has 0 atom stereocenters. The third-order valence-corrected chi connectivity index (χ3v) is 3.07. The quantitative estimate of drug-likeness (QED) is 0.768. The Morgan fingerprint density at radius 3 is 2.88 bits per heavy atom. The molecule has 2 N–H and O–H groups in total. The molecule has 2 heterocycles. The summed E-state index contributed by atoms with van der Waals surface area (Å²) in [6.45, 7) is 0. The Balaban J connectivity index is 2.04. The molecular weight excluding hydrogens is 250 g/mol. The third-order valence-electron chi connectivity index (χ3n) is 1.57. The molecule has 6 nitrogen and oxygen atoms in total. The van der Waals surface area contributed by atoms with Crippen LogP contribution in [0.5, 0.6) is 0 Å². The van der Waals surface area contributed by atoms with Crippen molar-refractivity contribution >= 4 is 45.3 Å². The van der Waals surface area contributed by atoms with Crippen LogP contribution in [-0.4, -0.2) is 22.0 Å². The van der Waals surface area contributed by atoms with Crippen molar-refractivity contribution in [2.24, 2.45) is 0 Å². The van der Waals surface area contributed by atoms with Gasteiger partial charge in [-0.2, -0.15) is 0 Å². The minimum Gasteiger partial charge on any atom is -0.298 e. The summed E-state index contributed by atoms with van der Waals surface area (Å²) in [4.78, 5) is 37.2. The Labute approximate surface area is 98.1 Å². The number of hydrogen-bond acceptors (Lipinski definition) is 6. The number of aromatic nitrogens is 1. The van der Waals surface area contributed by atoms with E-state index in [2.05, 4.69) is 15.6 Å². The average Bonchev–Trinajstić information content (AvgIpc) is 2.78. The normalized spacial score (nSPS) is 17.6. The molecule has 0 radical (unpaired) electrons. The highest BCUT2D eigenvalue weighted by molar-refractivity contribution is 8.18. The summed E-state index contributed by atoms with van der Waals surface area (Å²) in [6.07, 6.45) is 2.63. The molecule has 1 saturated heterocycles. The van der Waals surface area contributed by atoms with Crippen LogP contribution in [0, 0.1) is 0 Å². The maximum absolute atomic E-state index is 11.4. The van der Waals surface area contributed by atoms with Crippen molar-refractivity contribution in [2.75, 3.05) is 5.32 Å². The largest absolute Gasteiger partial charge is 0.298 e. The molecule has 1 aliphatic heterocycles. The molecule has 1 aromatic rings. The van der Waals surface area contributed by atoms with Gasteiger partial charge in [-0.15, -0.1) is 11.3 Å². The van der Waals surface area contributed by atoms with Gasteiger partial charge in [0.15, 0.2) is 5.13 Å². The van der Waals surface area contributed by atoms with Crippen molar-refractivity contribution in [3.63, 3.8) is 0 Å². The average molecular weight is 255 g/mol. The minimum atomic E-state index is -0.552. The van der Waals surface area contributed by atoms with E-state index in [0.29, 0.717) is 16.9 Å². The van der Waals surface area contributed by atoms with E-state index in [4.69, 9.17) is 0 Å². The molecule has 1 aliphatic rings. The first-order valence-electron chi connectivity index (χ1n) is 4.10. The lowest BCUT2D eigenvalue weighted by molar-refractivity contribution is -0.116. The second-order valence-corrected chi connectivity index (χ2v) is 4.59. The van der Waals surface area contributed by atoms with Crippen LogP contribution in [0.4, 0.5) is 9.93 Å². The summed E-state index contributed by atoms with van der Waals surface area (Å²) in [6, 6.07) is 0. The van der Waals surface area contributed by atoms with Crippen LogP contribution >= 0.6 is 23.1 Å². The summed E-state index contributed by atoms with van der Waals surface area (Å²) in [5, 5.41) is 6.21. The zero-order valence-corrected chi connectivity index (χ0v) is 9.35. The minimum absolute atomic E-state index is 0.0825. The van der Waals surface area contributed by atoms with E-state index < -0.39 is 17.1 Å². The molecular formula is C8H5N3O3S2. The van der Waals surface area contributed by atoms with Crippen molar-refractivity contribution in [1.82, 2.24) is 10.3 Å². The Morgan fingerprint density at radius 2 is 2.31 bits per heavy atom. The van der Waals surface area contributed by atoms with Crippen molar-refractivity contribution in [3.8, 4) is 0 Å². The number of thiazole rings is 1. The first-order valence-corrected chi connectivity index (χ1v) is 5.80. The second kappa shape index (κ2) is 4.45. The summed E-state index contributed by atoms with van der Waals surface area (Å²) < 4.78 is 0. The maximum atomic E-state index is 11.4. The highest BCUT2D eigenvalue weighted by Gasteiger charge is 2.25. The van der Waals surface area contributed by atoms with Crippen molar-refractivity contribution < 1.29 is 14.4 Å². The molecule has 0 aromatic carbocycles. The lowest BCUT2D eigenvalue weighted by Crippen LogP contribution is -2.18. The molecule has 2 rings (SSSR count). The van der Waals surface area contributed by atoms with Gasteiger partial charge in [-0.1, -0.05) is 0 Å². The van der Waals surface area contributed by atoms with E-state index >= 15 is 0 Å². The number of carbonyl (C=O) groups is 3. The molecule has 0 bridgehead atoms. The Morgan fingerprint density at radius 1 is 1.50 bits per heavy atom. The molecule has 82 valence electrons. The number of hydrogen-bond donors (Lipinski definition) is 2. The summed E-state index contributed by atoms with van der Waals surface area (Å²) >= 11 is 1.96. The molecule has 0 aliphatic carbocycles. The van der Waals surface area contributed by atoms with E-state index in [9.17, 15) is 14.4 Å². The number of thioether (sulfide) groups is 1. The molecule has 16 heavy (non-hydrogen) atoms. The van der Waals surface area contributed by atoms with Gasteiger partial charge in [0.1, 0.15) is 0 Å². The van der Waals surface area contributed by atoms with Crippen molar-refractivity contribution in [3.05, 3.63) is 22.6 Å². The van der Waals surface area contributed by atoms with Crippen LogP contribution in [-0.2, 0) is 9.59 Å². The highest BCUT2D eigenvalue weighted by atomic mass is 32.2. The van der Waals surface area contributed by atoms with Crippen LogP contribution in [0.2, 0.25) is 0 Å². The van der Waals surface area contributed by atoms with Gasteiger partial charge in [0.25, 0.3) is 17.1 Å². The maximum Gasteiger partial charge on any atom is 0.290 e. The number of imide groups is 1. The summed E-state index contributed by atoms with van der Waals surface area (Å²) in [7, 11) is 0. The predicted molar refractivity (Wildman–Crippen MR) is 60.0 cm³/mol. The number of amides is 3. The number of rotatable bonds is 2. The molecule has 0 spiro atoms. The molecule has 0 saturated carbocycles. The zero-order chi connectivity index (χ0) is 11.5. The lowest BCUT2D eigenvalue weighted by atomic mass is 10.4. The van der Waals surface area contributed by atoms with Crippen LogP contribution in [0.15, 0.2) is 22.6 Å². The van der Waals surface area contributed by atoms with E-state index in [1.54, 1.807) is 11.6 Å². The van der Waals surface area contributed by atoms with Crippen LogP contribution in [0.3, 0.4) is 0 Å². The van der Waals surface area contributed by atoms with Crippen molar-refractivity contribution in [1.29, 1.82) is 0 Å². The Bertz CT molecular complexity index is 481. The topological polar surface area (TPSA) is 88.2 Å². The number of nitrogens with zero attached hydrogens (tertiary/aromatic N) is 1. The van der Waals surface area contributed by atoms with E-state index in [1.165, 1.54) is 11.3 Å². The van der Waals surface area contributed by atoms with Gasteiger partial charge < -0.3 is 0 Å². The van der Waals surface area contributed by atoms with Gasteiger partial charge in [0, 0.05) is 17.7 Å². The molecule has 8 heteroatoms. The van der Waals surface area contributed by atoms with Gasteiger partial charge >= 0.3 is 0 Å². The van der Waals surface area contributed by atoms with Crippen LogP contribution < -0.4 is 10.6 Å². The fourth-order valence-electron chi connectivity index (χ4n) is 0.967. The smallest absolute Gasteiger partial charge is 0.290 e. The zero-order valence-electron chi connectivity index (χ0n) is 7.72. The highest BCUT2D eigenvalue weighted by Crippen LogP contribution is 2.22. The van der Waals surface area contributed by atoms with E-state index in [-0.39, 0.29) is 4.91 Å². The number of anilines is 1. The van der Waals surface area contributed by atoms with Crippen molar-refractivity contribution in [2.45, 2.75) is 0 Å². The first kappa shape index (κ1) is 10.8. The SMILES string of the molecule is O=C(/C=C1\SC(=O)NC1=O)Nc1nccs1. The molecule has 3 amide bonds. The fourth-order valence-corrected chi connectivity index (χ4v) is 2.15. The van der Waals surface area contributed by atoms with Gasteiger partial charge in [0.2, 0.25) is 0 Å². The fraction of sp³-hybridized carbons (Fsp3) is 0. The van der Waals surface area contributed by atoms with Crippen LogP contribution in [0.25, 0.3) is 0 Å². The molecule has 0 unspecified atom stereocenters. The lowest BCUT2D eigenvalue weighted by Gasteiger charge is -1.95. The monoisotopic (exact) mass is 255 g/mol. The molecule has 1 aromatic heterocycles. The molecule has 1 fully saturated rings. The summed E-state index contributed by atoms with van der Waals surface area (Å²) in [5.41, 5.74) is 0. The van der Waals surface area contributed by atoms with E-state index in [1.807, 2.05) is 0 Å². The third kappa shape index (κ3) is 2.47. The first-order chi connectivity index (χ1) is 7.65. The Kier molecular flexibility index (Phi) is 3.02. The van der Waals surface area contributed by atoms with Gasteiger partial charge in [-0.25, -0.2) is 4.98 Å². The standard InChI is InChI=1S/C8H5N3O3S2/c12-5(10-7-9-1-2-15-7)3-4-6(13)11-8(14)16-4/h1-3H,(H,9,10,12)(H,11,13,14)/b4-3-. The number of nitrogens with one attached hydrogen (secondary N) is 2. The van der Waals surface area contributed by atoms with Gasteiger partial charge in [0.05, 0.1) is 4.91 Å². The second-order valence-electron chi connectivity index (χ2n) is 2.68.